The number of hydrogen-bond acceptors (Lipinski definition) is 2. The molecule has 3 heterocycles. The van der Waals surface area contributed by atoms with Gasteiger partial charge in [-0.25, -0.2) is 0 Å². The van der Waals surface area contributed by atoms with Crippen LogP contribution in [0.4, 0.5) is 17.1 Å². The van der Waals surface area contributed by atoms with Gasteiger partial charge in [0.15, 0.2) is 0 Å². The van der Waals surface area contributed by atoms with Gasteiger partial charge >= 0.3 is 0 Å². The molecule has 5 aromatic rings. The number of fused-ring (bicyclic) bond motifs is 12. The average molecular weight is 447 g/mol. The Bertz CT molecular complexity index is 1760. The normalized spacial score (nSPS) is 14.9. The summed E-state index contributed by atoms with van der Waals surface area (Å²) >= 11 is 0. The number of aromatic nitrogens is 1. The Kier molecular flexibility index (Phi) is 3.27. The summed E-state index contributed by atoms with van der Waals surface area (Å²) in [5, 5.41) is 0. The first kappa shape index (κ1) is 18.2. The lowest BCUT2D eigenvalue weighted by Gasteiger charge is -2.39. The third-order valence-corrected chi connectivity index (χ3v) is 8.59. The Hall–Kier alpha value is -4.17. The van der Waals surface area contributed by atoms with Gasteiger partial charge in [0.05, 0.1) is 17.1 Å². The van der Waals surface area contributed by atoms with Crippen molar-refractivity contribution in [2.24, 2.45) is 0 Å². The predicted molar refractivity (Wildman–Crippen MR) is 141 cm³/mol. The molecule has 0 bridgehead atoms. The molecule has 0 saturated carbocycles. The Morgan fingerprint density at radius 2 is 1.29 bits per heavy atom. The summed E-state index contributed by atoms with van der Waals surface area (Å²) in [6.45, 7) is 0. The van der Waals surface area contributed by atoms with E-state index in [-0.39, 0.29) is 0 Å². The van der Waals surface area contributed by atoms with E-state index in [2.05, 4.69) is 83.8 Å². The van der Waals surface area contributed by atoms with Crippen LogP contribution in [0.25, 0.3) is 22.3 Å². The third kappa shape index (κ3) is 2.23. The molecule has 0 saturated heterocycles. The summed E-state index contributed by atoms with van der Waals surface area (Å²) in [5.74, 6) is 0. The van der Waals surface area contributed by atoms with Crippen molar-refractivity contribution in [3.05, 3.63) is 130 Å². The molecule has 0 atom stereocenters. The fraction of sp³-hybridized carbons (Fsp3) is 0.121. The molecular formula is C33H22N2. The Balaban J connectivity index is 1.33. The van der Waals surface area contributed by atoms with Crippen molar-refractivity contribution in [3.63, 3.8) is 0 Å². The van der Waals surface area contributed by atoms with Crippen LogP contribution in [0.3, 0.4) is 0 Å². The first-order valence-corrected chi connectivity index (χ1v) is 12.6. The maximum atomic E-state index is 4.82. The van der Waals surface area contributed by atoms with E-state index in [4.69, 9.17) is 4.98 Å². The van der Waals surface area contributed by atoms with Crippen LogP contribution in [0, 0.1) is 0 Å². The van der Waals surface area contributed by atoms with Crippen molar-refractivity contribution in [1.29, 1.82) is 0 Å². The van der Waals surface area contributed by atoms with E-state index in [9.17, 15) is 0 Å². The van der Waals surface area contributed by atoms with Crippen LogP contribution >= 0.6 is 0 Å². The predicted octanol–water partition coefficient (Wildman–Crippen LogP) is 7.50. The quantitative estimate of drug-likeness (QED) is 0.240. The molecule has 0 spiro atoms. The molecule has 0 amide bonds. The SMILES string of the molecule is c1ccc2c(c1)Cc1c-2ccc2c1-c1c(ccc3c1Cc1ccnc4c1N3c1ccccc1C4)C2. The van der Waals surface area contributed by atoms with Crippen molar-refractivity contribution in [3.8, 4) is 22.3 Å². The van der Waals surface area contributed by atoms with E-state index in [0.29, 0.717) is 0 Å². The summed E-state index contributed by atoms with van der Waals surface area (Å²) in [5.41, 5.74) is 21.2. The molecule has 0 N–H and O–H groups in total. The smallest absolute Gasteiger partial charge is 0.0716 e. The van der Waals surface area contributed by atoms with Crippen LogP contribution < -0.4 is 4.90 Å². The summed E-state index contributed by atoms with van der Waals surface area (Å²) in [7, 11) is 0. The van der Waals surface area contributed by atoms with E-state index < -0.39 is 0 Å². The van der Waals surface area contributed by atoms with Gasteiger partial charge in [0, 0.05) is 24.7 Å². The van der Waals surface area contributed by atoms with Crippen molar-refractivity contribution in [2.45, 2.75) is 25.7 Å². The van der Waals surface area contributed by atoms with Crippen LogP contribution in [-0.4, -0.2) is 4.98 Å². The van der Waals surface area contributed by atoms with Crippen molar-refractivity contribution in [2.75, 3.05) is 4.90 Å². The standard InChI is InChI=1S/C33H22N2/c1-3-7-24-19(5-1)16-26-25(24)11-9-21-15-22-10-12-30-27(32(22)31(21)26)17-23-13-14-34-28-18-20-6-2-4-8-29(20)35(30)33(23)28/h1-14H,15-18H2. The number of anilines is 3. The van der Waals surface area contributed by atoms with E-state index in [1.807, 2.05) is 6.20 Å². The summed E-state index contributed by atoms with van der Waals surface area (Å²) in [6, 6.07) is 29.6. The van der Waals surface area contributed by atoms with Gasteiger partial charge in [-0.1, -0.05) is 60.7 Å². The Morgan fingerprint density at radius 1 is 0.514 bits per heavy atom. The highest BCUT2D eigenvalue weighted by Gasteiger charge is 2.36. The first-order chi connectivity index (χ1) is 17.3. The fourth-order valence-electron chi connectivity index (χ4n) is 7.16. The zero-order valence-electron chi connectivity index (χ0n) is 19.3. The minimum Gasteiger partial charge on any atom is -0.308 e. The average Bonchev–Trinajstić information content (AvgIpc) is 3.47. The van der Waals surface area contributed by atoms with Gasteiger partial charge in [-0.3, -0.25) is 4.98 Å². The van der Waals surface area contributed by atoms with Gasteiger partial charge in [-0.15, -0.1) is 0 Å². The van der Waals surface area contributed by atoms with Crippen molar-refractivity contribution < 1.29 is 0 Å². The second-order valence-electron chi connectivity index (χ2n) is 10.3. The topological polar surface area (TPSA) is 16.1 Å². The summed E-state index contributed by atoms with van der Waals surface area (Å²) in [6.07, 6.45) is 5.96. The number of benzene rings is 4. The van der Waals surface area contributed by atoms with Crippen molar-refractivity contribution in [1.82, 2.24) is 4.98 Å². The molecular weight excluding hydrogens is 424 g/mol. The number of hydrogen-bond donors (Lipinski definition) is 0. The molecule has 1 aromatic heterocycles. The molecule has 0 fully saturated rings. The zero-order valence-corrected chi connectivity index (χ0v) is 19.3. The molecule has 4 aromatic carbocycles. The van der Waals surface area contributed by atoms with Crippen LogP contribution in [0.1, 0.15) is 44.6 Å². The zero-order chi connectivity index (χ0) is 22.7. The fourth-order valence-corrected chi connectivity index (χ4v) is 7.16. The second-order valence-corrected chi connectivity index (χ2v) is 10.3. The largest absolute Gasteiger partial charge is 0.308 e. The van der Waals surface area contributed by atoms with E-state index in [1.54, 1.807) is 0 Å². The highest BCUT2D eigenvalue weighted by molar-refractivity contribution is 5.97. The number of rotatable bonds is 0. The van der Waals surface area contributed by atoms with Crippen molar-refractivity contribution >= 4 is 17.1 Å². The second kappa shape index (κ2) is 6.28. The molecule has 2 aliphatic carbocycles. The van der Waals surface area contributed by atoms with Gasteiger partial charge in [0.2, 0.25) is 0 Å². The minimum atomic E-state index is 0.907. The van der Waals surface area contributed by atoms with Gasteiger partial charge in [-0.2, -0.15) is 0 Å². The van der Waals surface area contributed by atoms with Gasteiger partial charge in [0.25, 0.3) is 0 Å². The monoisotopic (exact) mass is 446 g/mol. The first-order valence-electron chi connectivity index (χ1n) is 12.6. The summed E-state index contributed by atoms with van der Waals surface area (Å²) in [4.78, 5) is 7.33. The number of nitrogens with zero attached hydrogens (tertiary/aromatic N) is 2. The van der Waals surface area contributed by atoms with E-state index >= 15 is 0 Å². The highest BCUT2D eigenvalue weighted by Crippen LogP contribution is 2.55. The highest BCUT2D eigenvalue weighted by atomic mass is 15.2. The molecule has 35 heavy (non-hydrogen) atoms. The van der Waals surface area contributed by atoms with Gasteiger partial charge in [-0.05, 0) is 92.2 Å². The van der Waals surface area contributed by atoms with Crippen LogP contribution in [-0.2, 0) is 25.7 Å². The lowest BCUT2D eigenvalue weighted by atomic mass is 9.84. The maximum Gasteiger partial charge on any atom is 0.0716 e. The molecule has 9 rings (SSSR count). The lowest BCUT2D eigenvalue weighted by molar-refractivity contribution is 0.960. The van der Waals surface area contributed by atoms with Gasteiger partial charge in [0.1, 0.15) is 0 Å². The van der Waals surface area contributed by atoms with E-state index in [1.165, 1.54) is 84.0 Å². The molecule has 4 aliphatic rings. The molecule has 2 nitrogen and oxygen atoms in total. The van der Waals surface area contributed by atoms with Crippen LogP contribution in [0.2, 0.25) is 0 Å². The molecule has 0 unspecified atom stereocenters. The third-order valence-electron chi connectivity index (χ3n) is 8.59. The Labute approximate surface area is 204 Å². The molecule has 2 aliphatic heterocycles. The van der Waals surface area contributed by atoms with Crippen LogP contribution in [0.5, 0.6) is 0 Å². The number of para-hydroxylation sites is 1. The lowest BCUT2D eigenvalue weighted by Crippen LogP contribution is -2.25. The molecule has 0 radical (unpaired) electrons. The number of pyridine rings is 1. The summed E-state index contributed by atoms with van der Waals surface area (Å²) < 4.78 is 0. The van der Waals surface area contributed by atoms with Gasteiger partial charge < -0.3 is 4.90 Å². The Morgan fingerprint density at radius 3 is 2.23 bits per heavy atom. The van der Waals surface area contributed by atoms with Crippen LogP contribution in [0.15, 0.2) is 85.1 Å². The molecule has 2 heteroatoms. The molecule has 164 valence electrons. The minimum absolute atomic E-state index is 0.907. The maximum absolute atomic E-state index is 4.82. The van der Waals surface area contributed by atoms with E-state index in [0.717, 1.165) is 25.7 Å².